The van der Waals surface area contributed by atoms with E-state index in [1.165, 1.54) is 64.3 Å². The number of carboxylic acid groups (broad SMARTS) is 1. The Kier molecular flexibility index (Phi) is 13.5. The van der Waals surface area contributed by atoms with E-state index in [1.807, 2.05) is 36.4 Å². The zero-order valence-corrected chi connectivity index (χ0v) is 32.8. The second kappa shape index (κ2) is 18.5. The number of nitrogens with zero attached hydrogens (tertiary/aromatic N) is 2. The van der Waals surface area contributed by atoms with Gasteiger partial charge >= 0.3 is 5.97 Å². The average molecular weight is 811 g/mol. The molecule has 310 valence electrons. The largest absolute Gasteiger partial charge is 0.507 e. The van der Waals surface area contributed by atoms with E-state index in [4.69, 9.17) is 0 Å². The summed E-state index contributed by atoms with van der Waals surface area (Å²) >= 11 is 0. The van der Waals surface area contributed by atoms with Crippen LogP contribution in [-0.2, 0) is 46.4 Å². The van der Waals surface area contributed by atoms with Crippen LogP contribution < -0.4 is 21.3 Å². The third kappa shape index (κ3) is 10.1. The molecule has 1 aliphatic rings. The molecule has 0 saturated carbocycles. The van der Waals surface area contributed by atoms with Gasteiger partial charge in [-0.3, -0.25) is 28.8 Å². The molecule has 0 aliphatic carbocycles. The van der Waals surface area contributed by atoms with Crippen molar-refractivity contribution in [2.24, 2.45) is 0 Å². The molecule has 4 bridgehead atoms. The normalized spacial score (nSPS) is 17.6. The molecule has 5 rings (SSSR count). The highest BCUT2D eigenvalue weighted by atomic mass is 16.4. The van der Waals surface area contributed by atoms with E-state index in [9.17, 15) is 54.0 Å². The van der Waals surface area contributed by atoms with Crippen molar-refractivity contribution in [1.29, 1.82) is 0 Å². The van der Waals surface area contributed by atoms with E-state index >= 15 is 0 Å². The lowest BCUT2D eigenvalue weighted by Crippen LogP contribution is -2.55. The maximum atomic E-state index is 13.9. The summed E-state index contributed by atoms with van der Waals surface area (Å²) < 4.78 is 0. The summed E-state index contributed by atoms with van der Waals surface area (Å²) in [5, 5.41) is 53.1. The smallest absolute Gasteiger partial charge is 0.326 e. The van der Waals surface area contributed by atoms with Crippen molar-refractivity contribution in [3.8, 4) is 22.6 Å². The third-order valence-electron chi connectivity index (χ3n) is 10.2. The summed E-state index contributed by atoms with van der Waals surface area (Å²) in [6.07, 6.45) is -0.233. The number of aliphatic hydroxyl groups excluding tert-OH is 1. The molecular formula is C42H46N6O11. The molecular weight excluding hydrogens is 764 g/mol. The zero-order valence-electron chi connectivity index (χ0n) is 32.8. The fraction of sp³-hybridized carbons (Fsp3) is 0.310. The second-order valence-electron chi connectivity index (χ2n) is 14.4. The number of rotatable bonds is 11. The highest BCUT2D eigenvalue weighted by Gasteiger charge is 2.34. The fourth-order valence-corrected chi connectivity index (χ4v) is 6.67. The predicted molar refractivity (Wildman–Crippen MR) is 214 cm³/mol. The van der Waals surface area contributed by atoms with E-state index < -0.39 is 84.8 Å². The minimum atomic E-state index is -1.48. The fourth-order valence-electron chi connectivity index (χ4n) is 6.67. The van der Waals surface area contributed by atoms with Crippen molar-refractivity contribution in [2.75, 3.05) is 27.2 Å². The average Bonchev–Trinajstić information content (AvgIpc) is 3.20. The maximum Gasteiger partial charge on any atom is 0.326 e. The number of phenols is 2. The molecule has 6 amide bonds. The Bertz CT molecular complexity index is 2300. The SMILES string of the molecule is C[C@@H]1NC(=O)[C@@H](N(C)C(=O)CNC(=O)[C@@H](C)NC(=O)[C@@H](CO)N(C)C(=O)Cc2ccc3ccccc3c2)c2ccc(O)c(c2)-c2cc(ccc2O)C[C@@H](C(=O)O)NC1=O. The molecule has 1 heterocycles. The van der Waals surface area contributed by atoms with Gasteiger partial charge in [-0.15, -0.1) is 0 Å². The number of benzene rings is 4. The molecule has 8 N–H and O–H groups in total. The number of aliphatic carboxylic acids is 1. The summed E-state index contributed by atoms with van der Waals surface area (Å²) in [6.45, 7) is 1.25. The lowest BCUT2D eigenvalue weighted by Gasteiger charge is -2.30. The van der Waals surface area contributed by atoms with Crippen LogP contribution in [0.1, 0.15) is 36.6 Å². The Balaban J connectivity index is 1.28. The summed E-state index contributed by atoms with van der Waals surface area (Å²) in [6, 6.07) is 14.6. The molecule has 17 heteroatoms. The van der Waals surface area contributed by atoms with Gasteiger partial charge in [0.25, 0.3) is 0 Å². The van der Waals surface area contributed by atoms with Gasteiger partial charge in [0.1, 0.15) is 41.7 Å². The standard InChI is InChI=1S/C42H46N6O11/c1-22(44-40(56)32(21-49)47(3)35(52)18-24-9-11-26-7-5-6-8-27(26)15-24)38(54)43-20-36(53)48(4)37-28-12-14-34(51)30(19-28)29-16-25(10-13-33(29)50)17-31(42(58)59)46-39(55)23(2)45-41(37)57/h5-16,19,22-23,31-32,37,49-51H,17-18,20-21H2,1-4H3,(H,43,54)(H,44,56)(H,45,57)(H,46,55)(H,58,59)/t22-,23+,31+,32-,37+/m1/s1. The molecule has 0 aromatic heterocycles. The Morgan fingerprint density at radius 1 is 0.814 bits per heavy atom. The monoisotopic (exact) mass is 810 g/mol. The Hall–Kier alpha value is -7.01. The first kappa shape index (κ1) is 43.1. The maximum absolute atomic E-state index is 13.9. The molecule has 4 aromatic carbocycles. The molecule has 0 unspecified atom stereocenters. The van der Waals surface area contributed by atoms with E-state index in [0.29, 0.717) is 11.1 Å². The first-order chi connectivity index (χ1) is 28.0. The van der Waals surface area contributed by atoms with Gasteiger partial charge in [0.2, 0.25) is 35.4 Å². The molecule has 59 heavy (non-hydrogen) atoms. The number of nitrogens with one attached hydrogen (secondary N) is 4. The van der Waals surface area contributed by atoms with Crippen LogP contribution in [0.2, 0.25) is 0 Å². The summed E-state index contributed by atoms with van der Waals surface area (Å²) in [5.74, 6) is -6.51. The van der Waals surface area contributed by atoms with Crippen LogP contribution in [0.15, 0.2) is 78.9 Å². The molecule has 5 atom stereocenters. The first-order valence-electron chi connectivity index (χ1n) is 18.7. The van der Waals surface area contributed by atoms with Crippen molar-refractivity contribution in [3.05, 3.63) is 95.6 Å². The molecule has 0 radical (unpaired) electrons. The molecule has 17 nitrogen and oxygen atoms in total. The van der Waals surface area contributed by atoms with Gasteiger partial charge in [-0.2, -0.15) is 0 Å². The summed E-state index contributed by atoms with van der Waals surface area (Å²) in [7, 11) is 2.63. The van der Waals surface area contributed by atoms with Gasteiger partial charge in [-0.1, -0.05) is 54.6 Å². The van der Waals surface area contributed by atoms with Crippen LogP contribution in [0.5, 0.6) is 11.5 Å². The Morgan fingerprint density at radius 2 is 1.47 bits per heavy atom. The third-order valence-corrected chi connectivity index (χ3v) is 10.2. The van der Waals surface area contributed by atoms with Gasteiger partial charge in [-0.05, 0) is 65.6 Å². The van der Waals surface area contributed by atoms with Crippen molar-refractivity contribution in [1.82, 2.24) is 31.1 Å². The minimum absolute atomic E-state index is 0.0474. The van der Waals surface area contributed by atoms with Crippen molar-refractivity contribution in [2.45, 2.75) is 56.9 Å². The van der Waals surface area contributed by atoms with Gasteiger partial charge in [0.15, 0.2) is 0 Å². The summed E-state index contributed by atoms with van der Waals surface area (Å²) in [5.41, 5.74) is 1.39. The number of aromatic hydroxyl groups is 2. The topological polar surface area (TPSA) is 255 Å². The Labute approximate surface area is 339 Å². The van der Waals surface area contributed by atoms with E-state index in [0.717, 1.165) is 20.6 Å². The number of carboxylic acids is 1. The molecule has 0 spiro atoms. The predicted octanol–water partition coefficient (Wildman–Crippen LogP) is 0.731. The van der Waals surface area contributed by atoms with Crippen LogP contribution in [0.25, 0.3) is 21.9 Å². The number of likely N-dealkylation sites (N-methyl/N-ethyl adjacent to an activating group) is 2. The lowest BCUT2D eigenvalue weighted by molar-refractivity contribution is -0.143. The molecule has 0 saturated heterocycles. The van der Waals surface area contributed by atoms with E-state index in [1.54, 1.807) is 6.07 Å². The van der Waals surface area contributed by atoms with Crippen LogP contribution in [0.4, 0.5) is 0 Å². The number of phenolic OH excluding ortho intramolecular Hbond substituents is 2. The number of aliphatic hydroxyl groups is 1. The number of hydrogen-bond acceptors (Lipinski definition) is 10. The number of carbonyl (C=O) groups is 7. The van der Waals surface area contributed by atoms with Gasteiger partial charge < -0.3 is 51.5 Å². The van der Waals surface area contributed by atoms with Gasteiger partial charge in [-0.25, -0.2) is 4.79 Å². The molecule has 0 fully saturated rings. The van der Waals surface area contributed by atoms with Crippen molar-refractivity contribution >= 4 is 52.2 Å². The first-order valence-corrected chi connectivity index (χ1v) is 18.7. The highest BCUT2D eigenvalue weighted by Crippen LogP contribution is 2.38. The number of carbonyl (C=O) groups excluding carboxylic acids is 6. The van der Waals surface area contributed by atoms with Crippen molar-refractivity contribution < 1.29 is 54.0 Å². The minimum Gasteiger partial charge on any atom is -0.507 e. The van der Waals surface area contributed by atoms with Crippen molar-refractivity contribution in [3.63, 3.8) is 0 Å². The lowest BCUT2D eigenvalue weighted by atomic mass is 9.94. The van der Waals surface area contributed by atoms with E-state index in [-0.39, 0.29) is 41.0 Å². The molecule has 1 aliphatic heterocycles. The highest BCUT2D eigenvalue weighted by molar-refractivity contribution is 5.96. The van der Waals surface area contributed by atoms with Crippen LogP contribution in [0, 0.1) is 0 Å². The number of hydrogen-bond donors (Lipinski definition) is 8. The second-order valence-corrected chi connectivity index (χ2v) is 14.4. The van der Waals surface area contributed by atoms with Crippen LogP contribution >= 0.6 is 0 Å². The molecule has 4 aromatic rings. The Morgan fingerprint density at radius 3 is 2.15 bits per heavy atom. The summed E-state index contributed by atoms with van der Waals surface area (Å²) in [4.78, 5) is 94.1. The van der Waals surface area contributed by atoms with E-state index in [2.05, 4.69) is 21.3 Å². The van der Waals surface area contributed by atoms with Gasteiger partial charge in [0.05, 0.1) is 19.6 Å². The number of amides is 6. The van der Waals surface area contributed by atoms with Crippen LogP contribution in [0.3, 0.4) is 0 Å². The zero-order chi connectivity index (χ0) is 43.1. The van der Waals surface area contributed by atoms with Gasteiger partial charge in [0, 0.05) is 31.6 Å². The number of fused-ring (bicyclic) bond motifs is 6. The van der Waals surface area contributed by atoms with Crippen LogP contribution in [-0.4, -0.2) is 123 Å². The quantitative estimate of drug-likeness (QED) is 0.105.